The number of unbranched alkanes of at least 4 members (excludes halogenated alkanes) is 33. The Hall–Kier alpha value is -1.06. The highest BCUT2D eigenvalue weighted by Gasteiger charge is 2.36. The van der Waals surface area contributed by atoms with Gasteiger partial charge in [0.1, 0.15) is 0 Å². The number of aliphatic carboxylic acids is 2. The van der Waals surface area contributed by atoms with Crippen LogP contribution in [0, 0.1) is 5.41 Å². The van der Waals surface area contributed by atoms with Gasteiger partial charge in [-0.15, -0.1) is 0 Å². The molecule has 0 atom stereocenters. The van der Waals surface area contributed by atoms with E-state index >= 15 is 0 Å². The van der Waals surface area contributed by atoms with E-state index in [1.807, 2.05) is 0 Å². The van der Waals surface area contributed by atoms with Crippen molar-refractivity contribution in [3.05, 3.63) is 0 Å². The molecule has 0 spiro atoms. The number of hydrogen-bond acceptors (Lipinski definition) is 2. The van der Waals surface area contributed by atoms with Gasteiger partial charge < -0.3 is 10.2 Å². The zero-order valence-electron chi connectivity index (χ0n) is 36.2. The van der Waals surface area contributed by atoms with Gasteiger partial charge in [0, 0.05) is 6.42 Å². The minimum Gasteiger partial charge on any atom is -0.481 e. The first-order valence-electron chi connectivity index (χ1n) is 23.8. The van der Waals surface area contributed by atoms with Crippen LogP contribution in [-0.2, 0) is 9.59 Å². The fraction of sp³-hybridized carbons (Fsp3) is 0.958. The van der Waals surface area contributed by atoms with Gasteiger partial charge in [-0.25, -0.2) is 0 Å². The predicted molar refractivity (Wildman–Crippen MR) is 230 cm³/mol. The van der Waals surface area contributed by atoms with Crippen LogP contribution in [0.15, 0.2) is 0 Å². The third-order valence-corrected chi connectivity index (χ3v) is 11.5. The van der Waals surface area contributed by atoms with Gasteiger partial charge in [0.2, 0.25) is 0 Å². The quantitative estimate of drug-likeness (QED) is 0.0612. The fourth-order valence-corrected chi connectivity index (χ4v) is 7.78. The van der Waals surface area contributed by atoms with E-state index in [2.05, 4.69) is 27.7 Å². The van der Waals surface area contributed by atoms with Crippen LogP contribution in [0.5, 0.6) is 0 Å². The first kappa shape index (κ1) is 53.0. The van der Waals surface area contributed by atoms with Crippen molar-refractivity contribution >= 4 is 11.9 Å². The summed E-state index contributed by atoms with van der Waals surface area (Å²) in [4.78, 5) is 22.8. The summed E-state index contributed by atoms with van der Waals surface area (Å²) in [6.07, 6.45) is 51.0. The molecule has 0 amide bonds. The molecule has 0 aromatic carbocycles. The maximum Gasteiger partial charge on any atom is 0.309 e. The second-order valence-corrected chi connectivity index (χ2v) is 16.6. The molecular weight excluding hydrogens is 641 g/mol. The summed E-state index contributed by atoms with van der Waals surface area (Å²) in [7, 11) is 0. The first-order chi connectivity index (χ1) is 25.4. The van der Waals surface area contributed by atoms with Gasteiger partial charge in [0.25, 0.3) is 0 Å². The van der Waals surface area contributed by atoms with Gasteiger partial charge in [-0.1, -0.05) is 259 Å². The van der Waals surface area contributed by atoms with Crippen molar-refractivity contribution in [3.63, 3.8) is 0 Å². The average Bonchev–Trinajstić information content (AvgIpc) is 3.13. The molecule has 0 aliphatic heterocycles. The largest absolute Gasteiger partial charge is 0.481 e. The smallest absolute Gasteiger partial charge is 0.309 e. The van der Waals surface area contributed by atoms with E-state index in [1.54, 1.807) is 0 Å². The molecule has 0 aromatic rings. The topological polar surface area (TPSA) is 74.6 Å². The summed E-state index contributed by atoms with van der Waals surface area (Å²) in [5.74, 6) is -1.15. The van der Waals surface area contributed by atoms with Crippen molar-refractivity contribution < 1.29 is 19.8 Å². The van der Waals surface area contributed by atoms with E-state index in [0.717, 1.165) is 51.4 Å². The number of carboxylic acid groups (broad SMARTS) is 2. The fourth-order valence-electron chi connectivity index (χ4n) is 7.78. The maximum absolute atomic E-state index is 12.6. The van der Waals surface area contributed by atoms with Gasteiger partial charge in [-0.2, -0.15) is 0 Å². The molecule has 0 bridgehead atoms. The molecule has 0 saturated heterocycles. The summed E-state index contributed by atoms with van der Waals surface area (Å²) in [5, 5.41) is 18.8. The van der Waals surface area contributed by atoms with E-state index in [4.69, 9.17) is 5.11 Å². The highest BCUT2D eigenvalue weighted by atomic mass is 16.4. The normalized spacial score (nSPS) is 11.5. The second-order valence-electron chi connectivity index (χ2n) is 16.6. The lowest BCUT2D eigenvalue weighted by atomic mass is 9.74. The van der Waals surface area contributed by atoms with Crippen LogP contribution in [0.1, 0.15) is 291 Å². The van der Waals surface area contributed by atoms with Gasteiger partial charge in [-0.3, -0.25) is 9.59 Å². The summed E-state index contributed by atoms with van der Waals surface area (Å²) < 4.78 is 0. The van der Waals surface area contributed by atoms with Crippen molar-refractivity contribution in [3.8, 4) is 0 Å². The molecule has 0 unspecified atom stereocenters. The lowest BCUT2D eigenvalue weighted by Crippen LogP contribution is -2.31. The first-order valence-corrected chi connectivity index (χ1v) is 23.8. The monoisotopic (exact) mass is 737 g/mol. The summed E-state index contributed by atoms with van der Waals surface area (Å²) in [5.41, 5.74) is -0.453. The third kappa shape index (κ3) is 40.1. The standard InChI is InChI=1S/C34H68O2.C14H28O2/c1-4-7-10-13-16-18-20-22-25-28-31-34(33(35)36,30-27-24-15-12-9-6-3)32-29-26-23-21-19-17-14-11-8-5-2;1-2-3-4-5-6-7-8-9-10-11-12-13-14(15)16/h4-32H2,1-3H3,(H,35,36);2-13H2,1H3,(H,15,16). The zero-order chi connectivity index (χ0) is 38.6. The Morgan fingerprint density at radius 3 is 0.692 bits per heavy atom. The molecule has 2 N–H and O–H groups in total. The molecule has 4 heteroatoms. The van der Waals surface area contributed by atoms with Crippen molar-refractivity contribution in [2.75, 3.05) is 0 Å². The highest BCUT2D eigenvalue weighted by Crippen LogP contribution is 2.38. The van der Waals surface area contributed by atoms with Gasteiger partial charge in [0.15, 0.2) is 0 Å². The molecule has 312 valence electrons. The molecule has 0 saturated carbocycles. The van der Waals surface area contributed by atoms with E-state index in [9.17, 15) is 14.7 Å². The van der Waals surface area contributed by atoms with E-state index in [1.165, 1.54) is 205 Å². The number of carbonyl (C=O) groups is 2. The molecule has 0 fully saturated rings. The van der Waals surface area contributed by atoms with Gasteiger partial charge in [0.05, 0.1) is 5.41 Å². The van der Waals surface area contributed by atoms with Crippen LogP contribution in [0.3, 0.4) is 0 Å². The highest BCUT2D eigenvalue weighted by molar-refractivity contribution is 5.74. The van der Waals surface area contributed by atoms with Crippen molar-refractivity contribution in [1.82, 2.24) is 0 Å². The molecular formula is C48H96O4. The lowest BCUT2D eigenvalue weighted by Gasteiger charge is -2.30. The average molecular weight is 737 g/mol. The van der Waals surface area contributed by atoms with Gasteiger partial charge in [-0.05, 0) is 25.7 Å². The Morgan fingerprint density at radius 2 is 0.500 bits per heavy atom. The SMILES string of the molecule is CCCCCCCCCCCCC(CCCCCCCC)(CCCCCCCCCCCC)C(=O)O.CCCCCCCCCCCCCC(=O)O. The molecule has 0 heterocycles. The number of rotatable bonds is 42. The van der Waals surface area contributed by atoms with Crippen molar-refractivity contribution in [2.24, 2.45) is 5.41 Å². The molecule has 4 nitrogen and oxygen atoms in total. The van der Waals surface area contributed by atoms with Crippen LogP contribution in [0.4, 0.5) is 0 Å². The molecule has 0 aliphatic carbocycles. The minimum absolute atomic E-state index is 0.344. The van der Waals surface area contributed by atoms with Crippen LogP contribution in [0.2, 0.25) is 0 Å². The predicted octanol–water partition coefficient (Wildman–Crippen LogP) is 17.2. The Balaban J connectivity index is 0. The van der Waals surface area contributed by atoms with E-state index < -0.39 is 17.4 Å². The van der Waals surface area contributed by atoms with Crippen LogP contribution < -0.4 is 0 Å². The third-order valence-electron chi connectivity index (χ3n) is 11.5. The van der Waals surface area contributed by atoms with E-state index in [-0.39, 0.29) is 0 Å². The van der Waals surface area contributed by atoms with E-state index in [0.29, 0.717) is 6.42 Å². The van der Waals surface area contributed by atoms with Crippen LogP contribution >= 0.6 is 0 Å². The number of carboxylic acids is 2. The Bertz CT molecular complexity index is 680. The maximum atomic E-state index is 12.6. The molecule has 0 aliphatic rings. The Morgan fingerprint density at radius 1 is 0.308 bits per heavy atom. The number of hydrogen-bond donors (Lipinski definition) is 2. The molecule has 0 aromatic heterocycles. The lowest BCUT2D eigenvalue weighted by molar-refractivity contribution is -0.151. The van der Waals surface area contributed by atoms with Crippen LogP contribution in [-0.4, -0.2) is 22.2 Å². The molecule has 0 rings (SSSR count). The molecule has 0 radical (unpaired) electrons. The summed E-state index contributed by atoms with van der Waals surface area (Å²) in [6, 6.07) is 0. The molecule has 52 heavy (non-hydrogen) atoms. The Labute approximate surface area is 327 Å². The van der Waals surface area contributed by atoms with Crippen LogP contribution in [0.25, 0.3) is 0 Å². The summed E-state index contributed by atoms with van der Waals surface area (Å²) in [6.45, 7) is 9.06. The summed E-state index contributed by atoms with van der Waals surface area (Å²) >= 11 is 0. The zero-order valence-corrected chi connectivity index (χ0v) is 36.2. The minimum atomic E-state index is -0.657. The second kappa shape index (κ2) is 44.3. The van der Waals surface area contributed by atoms with Crippen molar-refractivity contribution in [1.29, 1.82) is 0 Å². The Kier molecular flexibility index (Phi) is 45.2. The van der Waals surface area contributed by atoms with Gasteiger partial charge >= 0.3 is 11.9 Å². The van der Waals surface area contributed by atoms with Crippen molar-refractivity contribution in [2.45, 2.75) is 291 Å².